The Balaban J connectivity index is 1.77. The lowest BCUT2D eigenvalue weighted by molar-refractivity contribution is 0.155. The molecule has 0 amide bonds. The van der Waals surface area contributed by atoms with Crippen molar-refractivity contribution in [3.05, 3.63) is 40.6 Å². The molecule has 0 fully saturated rings. The summed E-state index contributed by atoms with van der Waals surface area (Å²) in [5, 5.41) is 20.1. The van der Waals surface area contributed by atoms with Gasteiger partial charge in [0, 0.05) is 31.1 Å². The Labute approximate surface area is 140 Å². The third-order valence-corrected chi connectivity index (χ3v) is 5.03. The van der Waals surface area contributed by atoms with Crippen molar-refractivity contribution in [2.24, 2.45) is 0 Å². The highest BCUT2D eigenvalue weighted by atomic mass is 16.5. The molecule has 0 aliphatic carbocycles. The van der Waals surface area contributed by atoms with Crippen LogP contribution in [-0.2, 0) is 19.4 Å². The molecule has 6 heteroatoms. The molecule has 4 rings (SSSR count). The first-order valence-corrected chi connectivity index (χ1v) is 8.01. The fraction of sp³-hybridized carbons (Fsp3) is 0.389. The Kier molecular flexibility index (Phi) is 3.49. The fourth-order valence-corrected chi connectivity index (χ4v) is 3.87. The van der Waals surface area contributed by atoms with E-state index >= 15 is 0 Å². The third kappa shape index (κ3) is 2.17. The van der Waals surface area contributed by atoms with Crippen LogP contribution < -0.4 is 9.47 Å². The summed E-state index contributed by atoms with van der Waals surface area (Å²) in [6.07, 6.45) is 1.60. The Morgan fingerprint density at radius 2 is 2.00 bits per heavy atom. The Hall–Kier alpha value is -2.47. The molecule has 0 saturated carbocycles. The maximum Gasteiger partial charge on any atom is 0.256 e. The lowest BCUT2D eigenvalue weighted by atomic mass is 9.85. The van der Waals surface area contributed by atoms with E-state index in [1.807, 2.05) is 6.07 Å². The van der Waals surface area contributed by atoms with Crippen LogP contribution in [-0.4, -0.2) is 40.9 Å². The molecule has 2 N–H and O–H groups in total. The standard InChI is InChI=1S/C18H20N2O4/c1-23-17-12-9-20-6-5-13-11(8-16(22)18(19-13)24-2)14(20)7-10(12)3-4-15(17)21/h3-4,8,14,21-22H,5-7,9H2,1-2H3/t14-/m0/s1. The van der Waals surface area contributed by atoms with Crippen molar-refractivity contribution < 1.29 is 19.7 Å². The maximum atomic E-state index is 10.1. The van der Waals surface area contributed by atoms with E-state index in [0.29, 0.717) is 12.3 Å². The highest BCUT2D eigenvalue weighted by Crippen LogP contribution is 2.44. The minimum atomic E-state index is 0.0761. The third-order valence-electron chi connectivity index (χ3n) is 5.03. The summed E-state index contributed by atoms with van der Waals surface area (Å²) in [6.45, 7) is 1.58. The lowest BCUT2D eigenvalue weighted by Gasteiger charge is -2.41. The zero-order valence-corrected chi connectivity index (χ0v) is 13.7. The van der Waals surface area contributed by atoms with Gasteiger partial charge in [-0.15, -0.1) is 0 Å². The monoisotopic (exact) mass is 328 g/mol. The molecule has 2 aliphatic heterocycles. The van der Waals surface area contributed by atoms with Crippen molar-refractivity contribution in [1.82, 2.24) is 9.88 Å². The molecule has 1 aromatic heterocycles. The zero-order chi connectivity index (χ0) is 16.8. The molecule has 1 aromatic carbocycles. The number of hydrogen-bond donors (Lipinski definition) is 2. The van der Waals surface area contributed by atoms with Crippen molar-refractivity contribution in [3.63, 3.8) is 0 Å². The number of benzene rings is 1. The van der Waals surface area contributed by atoms with E-state index in [9.17, 15) is 10.2 Å². The van der Waals surface area contributed by atoms with E-state index in [2.05, 4.69) is 9.88 Å². The number of nitrogens with zero attached hydrogens (tertiary/aromatic N) is 2. The molecule has 1 atom stereocenters. The van der Waals surface area contributed by atoms with Crippen molar-refractivity contribution in [2.75, 3.05) is 20.8 Å². The van der Waals surface area contributed by atoms with Gasteiger partial charge < -0.3 is 19.7 Å². The zero-order valence-electron chi connectivity index (χ0n) is 13.7. The van der Waals surface area contributed by atoms with Gasteiger partial charge in [0.05, 0.1) is 19.9 Å². The van der Waals surface area contributed by atoms with E-state index in [1.165, 1.54) is 7.11 Å². The minimum absolute atomic E-state index is 0.0761. The molecule has 0 saturated heterocycles. The van der Waals surface area contributed by atoms with E-state index in [4.69, 9.17) is 9.47 Å². The average molecular weight is 328 g/mol. The fourth-order valence-electron chi connectivity index (χ4n) is 3.87. The average Bonchev–Trinajstić information content (AvgIpc) is 2.59. The van der Waals surface area contributed by atoms with Gasteiger partial charge in [0.25, 0.3) is 5.88 Å². The summed E-state index contributed by atoms with van der Waals surface area (Å²) < 4.78 is 10.5. The summed E-state index contributed by atoms with van der Waals surface area (Å²) in [6, 6.07) is 5.58. The van der Waals surface area contributed by atoms with Crippen molar-refractivity contribution in [1.29, 1.82) is 0 Å². The number of rotatable bonds is 2. The van der Waals surface area contributed by atoms with Crippen LogP contribution in [0.15, 0.2) is 18.2 Å². The molecule has 6 nitrogen and oxygen atoms in total. The molecule has 0 unspecified atom stereocenters. The van der Waals surface area contributed by atoms with Gasteiger partial charge in [-0.05, 0) is 29.7 Å². The summed E-state index contributed by atoms with van der Waals surface area (Å²) in [4.78, 5) is 6.81. The van der Waals surface area contributed by atoms with E-state index in [0.717, 1.165) is 41.8 Å². The minimum Gasteiger partial charge on any atom is -0.504 e. The topological polar surface area (TPSA) is 75.0 Å². The molecule has 2 aromatic rings. The number of phenols is 1. The van der Waals surface area contributed by atoms with Gasteiger partial charge in [-0.2, -0.15) is 0 Å². The molecule has 0 bridgehead atoms. The normalized spacial score (nSPS) is 19.2. The van der Waals surface area contributed by atoms with E-state index in [1.54, 1.807) is 19.2 Å². The maximum absolute atomic E-state index is 10.1. The predicted molar refractivity (Wildman–Crippen MR) is 87.7 cm³/mol. The molecule has 126 valence electrons. The van der Waals surface area contributed by atoms with Crippen molar-refractivity contribution >= 4 is 0 Å². The first kappa shape index (κ1) is 15.1. The quantitative estimate of drug-likeness (QED) is 0.880. The Morgan fingerprint density at radius 3 is 2.75 bits per heavy atom. The van der Waals surface area contributed by atoms with Gasteiger partial charge in [-0.25, -0.2) is 4.98 Å². The van der Waals surface area contributed by atoms with Gasteiger partial charge >= 0.3 is 0 Å². The molecule has 0 radical (unpaired) electrons. The van der Waals surface area contributed by atoms with Gasteiger partial charge in [-0.3, -0.25) is 4.90 Å². The molecule has 2 aliphatic rings. The summed E-state index contributed by atoms with van der Waals surface area (Å²) >= 11 is 0. The Bertz CT molecular complexity index is 806. The smallest absolute Gasteiger partial charge is 0.256 e. The van der Waals surface area contributed by atoms with Crippen LogP contribution in [0.5, 0.6) is 23.1 Å². The van der Waals surface area contributed by atoms with Crippen LogP contribution in [0.4, 0.5) is 0 Å². The van der Waals surface area contributed by atoms with Crippen LogP contribution in [0.2, 0.25) is 0 Å². The number of phenolic OH excluding ortho intramolecular Hbond substituents is 1. The first-order valence-electron chi connectivity index (χ1n) is 8.01. The van der Waals surface area contributed by atoms with E-state index in [-0.39, 0.29) is 23.4 Å². The number of fused-ring (bicyclic) bond motifs is 4. The Morgan fingerprint density at radius 1 is 1.17 bits per heavy atom. The van der Waals surface area contributed by atoms with Crippen molar-refractivity contribution in [3.8, 4) is 23.1 Å². The first-order chi connectivity index (χ1) is 11.6. The largest absolute Gasteiger partial charge is 0.504 e. The number of aromatic nitrogens is 1. The number of aromatic hydroxyl groups is 2. The molecular weight excluding hydrogens is 308 g/mol. The van der Waals surface area contributed by atoms with Crippen LogP contribution >= 0.6 is 0 Å². The number of hydrogen-bond acceptors (Lipinski definition) is 6. The van der Waals surface area contributed by atoms with Crippen LogP contribution in [0.3, 0.4) is 0 Å². The van der Waals surface area contributed by atoms with Crippen LogP contribution in [0.1, 0.15) is 28.4 Å². The van der Waals surface area contributed by atoms with Crippen molar-refractivity contribution in [2.45, 2.75) is 25.4 Å². The highest BCUT2D eigenvalue weighted by Gasteiger charge is 2.35. The predicted octanol–water partition coefficient (Wildman–Crippen LogP) is 2.17. The molecule has 24 heavy (non-hydrogen) atoms. The molecule has 0 spiro atoms. The van der Waals surface area contributed by atoms with Crippen LogP contribution in [0, 0.1) is 0 Å². The second-order valence-electron chi connectivity index (χ2n) is 6.25. The van der Waals surface area contributed by atoms with Gasteiger partial charge in [0.2, 0.25) is 0 Å². The lowest BCUT2D eigenvalue weighted by Crippen LogP contribution is -2.39. The van der Waals surface area contributed by atoms with Crippen LogP contribution in [0.25, 0.3) is 0 Å². The SMILES string of the molecule is COc1nc2c(cc1O)[C@@H]1Cc3ccc(O)c(OC)c3CN1CC2. The number of ether oxygens (including phenoxy) is 2. The summed E-state index contributed by atoms with van der Waals surface area (Å²) in [7, 11) is 3.10. The van der Waals surface area contributed by atoms with Gasteiger partial charge in [0.1, 0.15) is 0 Å². The number of pyridine rings is 1. The number of methoxy groups -OCH3 is 2. The van der Waals surface area contributed by atoms with Gasteiger partial charge in [-0.1, -0.05) is 6.07 Å². The highest BCUT2D eigenvalue weighted by molar-refractivity contribution is 5.52. The molecule has 3 heterocycles. The van der Waals surface area contributed by atoms with Gasteiger partial charge in [0.15, 0.2) is 17.2 Å². The molecular formula is C18H20N2O4. The second-order valence-corrected chi connectivity index (χ2v) is 6.25. The second kappa shape index (κ2) is 5.56. The van der Waals surface area contributed by atoms with E-state index < -0.39 is 0 Å². The summed E-state index contributed by atoms with van der Waals surface area (Å²) in [5.74, 6) is 1.10. The summed E-state index contributed by atoms with van der Waals surface area (Å²) in [5.41, 5.74) is 4.24.